The summed E-state index contributed by atoms with van der Waals surface area (Å²) in [6, 6.07) is 5.79. The molecule has 4 heterocycles. The fourth-order valence-corrected chi connectivity index (χ4v) is 4.95. The first kappa shape index (κ1) is 28.0. The van der Waals surface area contributed by atoms with Crippen molar-refractivity contribution in [1.29, 1.82) is 0 Å². The second-order valence-electron chi connectivity index (χ2n) is 11.4. The van der Waals surface area contributed by atoms with Crippen molar-refractivity contribution in [3.8, 4) is 11.8 Å². The van der Waals surface area contributed by atoms with Crippen LogP contribution in [0.3, 0.4) is 0 Å². The highest BCUT2D eigenvalue weighted by Gasteiger charge is 2.33. The van der Waals surface area contributed by atoms with Gasteiger partial charge in [0.1, 0.15) is 22.9 Å². The molecule has 10 heteroatoms. The Morgan fingerprint density at radius 1 is 1.24 bits per heavy atom. The Kier molecular flexibility index (Phi) is 7.63. The van der Waals surface area contributed by atoms with Crippen LogP contribution in [0.2, 0.25) is 0 Å². The van der Waals surface area contributed by atoms with E-state index in [2.05, 4.69) is 35.4 Å². The van der Waals surface area contributed by atoms with Crippen LogP contribution >= 0.6 is 0 Å². The topological polar surface area (TPSA) is 113 Å². The Labute approximate surface area is 240 Å². The summed E-state index contributed by atoms with van der Waals surface area (Å²) in [4.78, 5) is 19.0. The molecule has 1 amide bonds. The maximum atomic E-state index is 12.8. The Bertz CT molecular complexity index is 1680. The van der Waals surface area contributed by atoms with Gasteiger partial charge in [-0.25, -0.2) is 9.78 Å². The van der Waals surface area contributed by atoms with E-state index in [0.29, 0.717) is 54.3 Å². The third kappa shape index (κ3) is 5.99. The number of carbonyl (C=O) groups excluding carboxylic acids is 1. The van der Waals surface area contributed by atoms with Crippen molar-refractivity contribution in [3.63, 3.8) is 0 Å². The molecule has 1 atom stereocenters. The number of rotatable bonds is 6. The molecule has 1 aliphatic rings. The lowest BCUT2D eigenvalue weighted by atomic mass is 10.1. The van der Waals surface area contributed by atoms with E-state index in [1.54, 1.807) is 15.8 Å². The van der Waals surface area contributed by atoms with Gasteiger partial charge in [0, 0.05) is 43.5 Å². The number of nitrogens with two attached hydrogens (primary N) is 1. The first-order valence-electron chi connectivity index (χ1n) is 14.0. The molecular formula is C31H37N7O3. The van der Waals surface area contributed by atoms with Crippen molar-refractivity contribution in [2.45, 2.75) is 58.6 Å². The van der Waals surface area contributed by atoms with Crippen molar-refractivity contribution < 1.29 is 14.3 Å². The largest absolute Gasteiger partial charge is 0.493 e. The standard InChI is InChI=1S/C31H37N7O3/c1-7-8-15-40-20(2)24-17-33-29(32)27-25(12-10-21-9-11-22-18-36(6)34-26(22)16-21)35-38(28(24)27)23-13-14-37(19-23)30(39)41-31(3,4)5/h9,11,16-18,23H,2,7-8,13-15,19H2,1,3-6H3,(H2,32,33). The van der Waals surface area contributed by atoms with Crippen LogP contribution in [0, 0.1) is 11.8 Å². The van der Waals surface area contributed by atoms with E-state index >= 15 is 0 Å². The van der Waals surface area contributed by atoms with Gasteiger partial charge in [0.2, 0.25) is 0 Å². The molecule has 0 radical (unpaired) electrons. The minimum absolute atomic E-state index is 0.116. The van der Waals surface area contributed by atoms with Crippen LogP contribution in [0.25, 0.3) is 27.6 Å². The average molecular weight is 556 g/mol. The monoisotopic (exact) mass is 555 g/mol. The lowest BCUT2D eigenvalue weighted by Crippen LogP contribution is -2.35. The van der Waals surface area contributed by atoms with Crippen LogP contribution in [-0.4, -0.2) is 60.8 Å². The van der Waals surface area contributed by atoms with Crippen molar-refractivity contribution in [3.05, 3.63) is 54.0 Å². The number of likely N-dealkylation sites (tertiary alicyclic amines) is 1. The number of hydrogen-bond acceptors (Lipinski definition) is 7. The molecule has 0 aliphatic carbocycles. The fraction of sp³-hybridized carbons (Fsp3) is 0.419. The fourth-order valence-electron chi connectivity index (χ4n) is 4.95. The van der Waals surface area contributed by atoms with Gasteiger partial charge in [0.05, 0.1) is 34.6 Å². The summed E-state index contributed by atoms with van der Waals surface area (Å²) in [7, 11) is 1.89. The molecule has 41 heavy (non-hydrogen) atoms. The molecule has 1 fully saturated rings. The second kappa shape index (κ2) is 11.2. The van der Waals surface area contributed by atoms with Crippen molar-refractivity contribution in [2.24, 2.45) is 7.05 Å². The van der Waals surface area contributed by atoms with Crippen molar-refractivity contribution in [2.75, 3.05) is 25.4 Å². The third-order valence-electron chi connectivity index (χ3n) is 6.94. The molecule has 10 nitrogen and oxygen atoms in total. The van der Waals surface area contributed by atoms with Crippen LogP contribution in [0.15, 0.2) is 37.2 Å². The predicted octanol–water partition coefficient (Wildman–Crippen LogP) is 5.27. The lowest BCUT2D eigenvalue weighted by Gasteiger charge is -2.24. The molecule has 0 bridgehead atoms. The van der Waals surface area contributed by atoms with E-state index in [1.807, 2.05) is 56.9 Å². The third-order valence-corrected chi connectivity index (χ3v) is 6.94. The van der Waals surface area contributed by atoms with Gasteiger partial charge in [-0.2, -0.15) is 10.2 Å². The second-order valence-corrected chi connectivity index (χ2v) is 11.4. The average Bonchev–Trinajstić information content (AvgIpc) is 3.63. The number of benzene rings is 1. The molecular weight excluding hydrogens is 518 g/mol. The van der Waals surface area contributed by atoms with Crippen molar-refractivity contribution >= 4 is 39.5 Å². The van der Waals surface area contributed by atoms with Gasteiger partial charge in [-0.1, -0.05) is 25.8 Å². The zero-order valence-electron chi connectivity index (χ0n) is 24.4. The molecule has 1 saturated heterocycles. The number of amides is 1. The molecule has 2 N–H and O–H groups in total. The number of anilines is 1. The summed E-state index contributed by atoms with van der Waals surface area (Å²) in [5.41, 5.74) is 9.51. The SMILES string of the molecule is C=C(OCCCC)c1cnc(N)c2c(C#Cc3ccc4cn(C)nc4c3)nn(C3CCN(C(=O)OC(C)(C)C)C3)c12. The van der Waals surface area contributed by atoms with Crippen LogP contribution in [0.1, 0.15) is 69.8 Å². The number of fused-ring (bicyclic) bond motifs is 2. The van der Waals surface area contributed by atoms with Gasteiger partial charge < -0.3 is 20.1 Å². The van der Waals surface area contributed by atoms with Gasteiger partial charge in [-0.3, -0.25) is 9.36 Å². The summed E-state index contributed by atoms with van der Waals surface area (Å²) in [6.07, 6.45) is 5.92. The molecule has 0 saturated carbocycles. The zero-order chi connectivity index (χ0) is 29.3. The minimum Gasteiger partial charge on any atom is -0.493 e. The molecule has 1 aliphatic heterocycles. The van der Waals surface area contributed by atoms with E-state index in [0.717, 1.165) is 34.8 Å². The molecule has 3 aromatic heterocycles. The number of hydrogen-bond donors (Lipinski definition) is 1. The Morgan fingerprint density at radius 2 is 2.05 bits per heavy atom. The van der Waals surface area contributed by atoms with Gasteiger partial charge in [-0.05, 0) is 57.7 Å². The molecule has 5 rings (SSSR count). The number of nitrogens with zero attached hydrogens (tertiary/aromatic N) is 6. The van der Waals surface area contributed by atoms with E-state index in [1.165, 1.54) is 0 Å². The first-order valence-corrected chi connectivity index (χ1v) is 14.0. The lowest BCUT2D eigenvalue weighted by molar-refractivity contribution is 0.0288. The summed E-state index contributed by atoms with van der Waals surface area (Å²) in [5, 5.41) is 11.1. The van der Waals surface area contributed by atoms with Gasteiger partial charge in [0.25, 0.3) is 0 Å². The summed E-state index contributed by atoms with van der Waals surface area (Å²) >= 11 is 0. The van der Waals surface area contributed by atoms with Crippen LogP contribution in [0.4, 0.5) is 10.6 Å². The number of aryl methyl sites for hydroxylation is 1. The zero-order valence-corrected chi connectivity index (χ0v) is 24.4. The molecule has 214 valence electrons. The minimum atomic E-state index is -0.574. The predicted molar refractivity (Wildman–Crippen MR) is 160 cm³/mol. The van der Waals surface area contributed by atoms with E-state index in [-0.39, 0.29) is 12.1 Å². The highest BCUT2D eigenvalue weighted by Crippen LogP contribution is 2.35. The smallest absolute Gasteiger partial charge is 0.410 e. The number of ether oxygens (including phenoxy) is 2. The molecule has 1 unspecified atom stereocenters. The molecule has 4 aromatic rings. The highest BCUT2D eigenvalue weighted by atomic mass is 16.6. The summed E-state index contributed by atoms with van der Waals surface area (Å²) in [6.45, 7) is 13.4. The van der Waals surface area contributed by atoms with Gasteiger partial charge in [-0.15, -0.1) is 0 Å². The summed E-state index contributed by atoms with van der Waals surface area (Å²) < 4.78 is 15.3. The van der Waals surface area contributed by atoms with Gasteiger partial charge in [0.15, 0.2) is 0 Å². The highest BCUT2D eigenvalue weighted by molar-refractivity contribution is 5.99. The van der Waals surface area contributed by atoms with Crippen LogP contribution in [-0.2, 0) is 16.5 Å². The number of aromatic nitrogens is 5. The van der Waals surface area contributed by atoms with E-state index in [9.17, 15) is 4.79 Å². The maximum Gasteiger partial charge on any atom is 0.410 e. The van der Waals surface area contributed by atoms with Crippen LogP contribution < -0.4 is 5.73 Å². The van der Waals surface area contributed by atoms with Crippen molar-refractivity contribution in [1.82, 2.24) is 29.4 Å². The number of unbranched alkanes of at least 4 members (excludes halogenated alkanes) is 1. The number of pyridine rings is 1. The maximum absolute atomic E-state index is 12.8. The Balaban J connectivity index is 1.56. The molecule has 1 aromatic carbocycles. The Hall–Kier alpha value is -4.52. The van der Waals surface area contributed by atoms with Crippen LogP contribution in [0.5, 0.6) is 0 Å². The van der Waals surface area contributed by atoms with E-state index < -0.39 is 5.60 Å². The normalized spacial score (nSPS) is 15.2. The number of carbonyl (C=O) groups is 1. The Morgan fingerprint density at radius 3 is 2.80 bits per heavy atom. The quantitative estimate of drug-likeness (QED) is 0.196. The number of nitrogen functional groups attached to an aromatic ring is 1. The summed E-state index contributed by atoms with van der Waals surface area (Å²) in [5.74, 6) is 7.29. The molecule has 0 spiro atoms. The van der Waals surface area contributed by atoms with E-state index in [4.69, 9.17) is 20.3 Å². The first-order chi connectivity index (χ1) is 19.5. The van der Waals surface area contributed by atoms with Gasteiger partial charge >= 0.3 is 6.09 Å².